The molecule has 0 spiro atoms. The minimum absolute atomic E-state index is 0.180. The molecule has 1 nitrogen and oxygen atoms in total. The van der Waals surface area contributed by atoms with Gasteiger partial charge in [0.1, 0.15) is 5.82 Å². The molecule has 0 amide bonds. The van der Waals surface area contributed by atoms with Gasteiger partial charge >= 0.3 is 0 Å². The fourth-order valence-corrected chi connectivity index (χ4v) is 2.55. The predicted molar refractivity (Wildman–Crippen MR) is 87.5 cm³/mol. The van der Waals surface area contributed by atoms with Crippen molar-refractivity contribution < 1.29 is 4.39 Å². The Morgan fingerprint density at radius 2 is 1.90 bits per heavy atom. The average Bonchev–Trinajstić information content (AvgIpc) is 2.51. The molecule has 0 radical (unpaired) electrons. The summed E-state index contributed by atoms with van der Waals surface area (Å²) in [4.78, 5) is 0. The van der Waals surface area contributed by atoms with Crippen molar-refractivity contribution in [2.45, 2.75) is 25.7 Å². The van der Waals surface area contributed by atoms with E-state index in [1.165, 1.54) is 11.6 Å². The summed E-state index contributed by atoms with van der Waals surface area (Å²) in [5.74, 6) is -0.0131. The van der Waals surface area contributed by atoms with Gasteiger partial charge in [0, 0.05) is 12.5 Å². The molecule has 1 unspecified atom stereocenters. The molecule has 0 aliphatic carbocycles. The van der Waals surface area contributed by atoms with Crippen LogP contribution in [-0.4, -0.2) is 13.1 Å². The normalized spacial score (nSPS) is 12.3. The van der Waals surface area contributed by atoms with E-state index in [1.807, 2.05) is 24.3 Å². The van der Waals surface area contributed by atoms with E-state index >= 15 is 0 Å². The number of benzene rings is 2. The zero-order chi connectivity index (χ0) is 15.1. The van der Waals surface area contributed by atoms with E-state index in [9.17, 15) is 4.39 Å². The molecule has 112 valence electrons. The van der Waals surface area contributed by atoms with Gasteiger partial charge in [0.05, 0.1) is 5.02 Å². The molecule has 0 heterocycles. The van der Waals surface area contributed by atoms with Crippen LogP contribution in [0.5, 0.6) is 0 Å². The van der Waals surface area contributed by atoms with E-state index < -0.39 is 0 Å². The first-order valence-corrected chi connectivity index (χ1v) is 7.78. The van der Waals surface area contributed by atoms with Gasteiger partial charge in [0.15, 0.2) is 0 Å². The number of hydrogen-bond acceptors (Lipinski definition) is 1. The van der Waals surface area contributed by atoms with E-state index in [4.69, 9.17) is 11.6 Å². The Hall–Kier alpha value is -1.38. The first kappa shape index (κ1) is 16.0. The maximum Gasteiger partial charge on any atom is 0.142 e. The zero-order valence-electron chi connectivity index (χ0n) is 12.3. The Morgan fingerprint density at radius 3 is 2.57 bits per heavy atom. The smallest absolute Gasteiger partial charge is 0.142 e. The molecular formula is C18H21ClFN. The van der Waals surface area contributed by atoms with Gasteiger partial charge in [-0.3, -0.25) is 0 Å². The van der Waals surface area contributed by atoms with Crippen molar-refractivity contribution in [2.24, 2.45) is 0 Å². The van der Waals surface area contributed by atoms with Crippen LogP contribution in [0.1, 0.15) is 30.4 Å². The molecule has 0 fully saturated rings. The maximum atomic E-state index is 13.6. The maximum absolute atomic E-state index is 13.6. The van der Waals surface area contributed by atoms with Crippen molar-refractivity contribution in [3.63, 3.8) is 0 Å². The second-order valence-electron chi connectivity index (χ2n) is 5.26. The Labute approximate surface area is 131 Å². The highest BCUT2D eigenvalue weighted by atomic mass is 35.5. The standard InChI is InChI=1S/C18H21ClFN/c1-2-10-21-13-16(15-6-4-3-5-7-15)11-14-8-9-17(19)18(20)12-14/h3-9,12,16,21H,2,10-11,13H2,1H3. The zero-order valence-corrected chi connectivity index (χ0v) is 13.0. The summed E-state index contributed by atoms with van der Waals surface area (Å²) in [6.45, 7) is 4.04. The number of hydrogen-bond donors (Lipinski definition) is 1. The molecule has 3 heteroatoms. The number of nitrogens with one attached hydrogen (secondary N) is 1. The van der Waals surface area contributed by atoms with Gasteiger partial charge < -0.3 is 5.32 Å². The lowest BCUT2D eigenvalue weighted by molar-refractivity contribution is 0.573. The SMILES string of the molecule is CCCNCC(Cc1ccc(Cl)c(F)c1)c1ccccc1. The molecule has 2 aromatic carbocycles. The number of rotatable bonds is 7. The lowest BCUT2D eigenvalue weighted by atomic mass is 9.92. The van der Waals surface area contributed by atoms with Crippen molar-refractivity contribution in [2.75, 3.05) is 13.1 Å². The Balaban J connectivity index is 2.13. The van der Waals surface area contributed by atoms with E-state index in [-0.39, 0.29) is 10.8 Å². The fraction of sp³-hybridized carbons (Fsp3) is 0.333. The molecule has 0 saturated carbocycles. The van der Waals surface area contributed by atoms with Crippen LogP contribution >= 0.6 is 11.6 Å². The predicted octanol–water partition coefficient (Wildman–Crippen LogP) is 4.81. The van der Waals surface area contributed by atoms with E-state index in [0.717, 1.165) is 31.5 Å². The molecule has 2 rings (SSSR count). The highest BCUT2D eigenvalue weighted by Crippen LogP contribution is 2.23. The summed E-state index contributed by atoms with van der Waals surface area (Å²) in [6.07, 6.45) is 1.91. The first-order chi connectivity index (χ1) is 10.2. The molecule has 21 heavy (non-hydrogen) atoms. The highest BCUT2D eigenvalue weighted by molar-refractivity contribution is 6.30. The summed E-state index contributed by atoms with van der Waals surface area (Å²) in [7, 11) is 0. The fourth-order valence-electron chi connectivity index (χ4n) is 2.44. The van der Waals surface area contributed by atoms with Gasteiger partial charge in [-0.15, -0.1) is 0 Å². The molecule has 1 N–H and O–H groups in total. The highest BCUT2D eigenvalue weighted by Gasteiger charge is 2.13. The first-order valence-electron chi connectivity index (χ1n) is 7.40. The summed E-state index contributed by atoms with van der Waals surface area (Å²) in [5.41, 5.74) is 2.25. The average molecular weight is 306 g/mol. The molecule has 0 saturated heterocycles. The molecule has 0 aromatic heterocycles. The van der Waals surface area contributed by atoms with Gasteiger partial charge in [0.2, 0.25) is 0 Å². The number of halogens is 2. The van der Waals surface area contributed by atoms with E-state index in [1.54, 1.807) is 6.07 Å². The lowest BCUT2D eigenvalue weighted by Crippen LogP contribution is -2.23. The Morgan fingerprint density at radius 1 is 1.14 bits per heavy atom. The van der Waals surface area contributed by atoms with Crippen LogP contribution in [0.25, 0.3) is 0 Å². The van der Waals surface area contributed by atoms with Crippen LogP contribution in [-0.2, 0) is 6.42 Å². The van der Waals surface area contributed by atoms with Crippen LogP contribution in [0.15, 0.2) is 48.5 Å². The van der Waals surface area contributed by atoms with Crippen molar-refractivity contribution in [1.82, 2.24) is 5.32 Å². The van der Waals surface area contributed by atoms with Gasteiger partial charge in [0.25, 0.3) is 0 Å². The van der Waals surface area contributed by atoms with Crippen molar-refractivity contribution >= 4 is 11.6 Å². The molecule has 0 aliphatic rings. The largest absolute Gasteiger partial charge is 0.316 e. The van der Waals surface area contributed by atoms with Crippen LogP contribution in [0, 0.1) is 5.82 Å². The monoisotopic (exact) mass is 305 g/mol. The third-order valence-electron chi connectivity index (χ3n) is 3.55. The molecule has 0 bridgehead atoms. The van der Waals surface area contributed by atoms with Crippen LogP contribution < -0.4 is 5.32 Å². The van der Waals surface area contributed by atoms with Gasteiger partial charge in [-0.05, 0) is 42.6 Å². The van der Waals surface area contributed by atoms with Crippen molar-refractivity contribution in [1.29, 1.82) is 0 Å². The summed E-state index contributed by atoms with van der Waals surface area (Å²) in [5, 5.41) is 3.64. The third kappa shape index (κ3) is 4.83. The van der Waals surface area contributed by atoms with Crippen molar-refractivity contribution in [3.05, 3.63) is 70.5 Å². The third-order valence-corrected chi connectivity index (χ3v) is 3.86. The second kappa shape index (κ2) is 8.16. The van der Waals surface area contributed by atoms with E-state index in [2.05, 4.69) is 24.4 Å². The Bertz CT molecular complexity index is 556. The minimum atomic E-state index is -0.345. The summed E-state index contributed by atoms with van der Waals surface area (Å²) in [6, 6.07) is 15.4. The molecule has 1 atom stereocenters. The van der Waals surface area contributed by atoms with E-state index in [0.29, 0.717) is 5.92 Å². The van der Waals surface area contributed by atoms with Crippen LogP contribution in [0.4, 0.5) is 4.39 Å². The second-order valence-corrected chi connectivity index (χ2v) is 5.67. The summed E-state index contributed by atoms with van der Waals surface area (Å²) >= 11 is 5.75. The summed E-state index contributed by atoms with van der Waals surface area (Å²) < 4.78 is 13.6. The van der Waals surface area contributed by atoms with Gasteiger partial charge in [-0.2, -0.15) is 0 Å². The van der Waals surface area contributed by atoms with Crippen LogP contribution in [0.2, 0.25) is 5.02 Å². The van der Waals surface area contributed by atoms with Crippen molar-refractivity contribution in [3.8, 4) is 0 Å². The molecule has 2 aromatic rings. The molecule has 0 aliphatic heterocycles. The van der Waals surface area contributed by atoms with Crippen LogP contribution in [0.3, 0.4) is 0 Å². The van der Waals surface area contributed by atoms with Gasteiger partial charge in [-0.25, -0.2) is 4.39 Å². The Kier molecular flexibility index (Phi) is 6.21. The molecular weight excluding hydrogens is 285 g/mol. The quantitative estimate of drug-likeness (QED) is 0.724. The lowest BCUT2D eigenvalue weighted by Gasteiger charge is -2.18. The van der Waals surface area contributed by atoms with Gasteiger partial charge in [-0.1, -0.05) is 54.9 Å². The topological polar surface area (TPSA) is 12.0 Å². The minimum Gasteiger partial charge on any atom is -0.316 e.